The van der Waals surface area contributed by atoms with Gasteiger partial charge in [0.1, 0.15) is 0 Å². The molecule has 0 aromatic rings. The number of fused-ring (bicyclic) bond motifs is 5. The van der Waals surface area contributed by atoms with Gasteiger partial charge in [0.25, 0.3) is 0 Å². The number of hydrogen-bond donors (Lipinski definition) is 0. The maximum Gasteiger partial charge on any atom is -0.0263 e. The molecule has 0 spiro atoms. The fraction of sp³-hybridized carbons (Fsp3) is 0.909. The lowest BCUT2D eigenvalue weighted by atomic mass is 9.45. The van der Waals surface area contributed by atoms with E-state index in [1.807, 2.05) is 0 Å². The van der Waals surface area contributed by atoms with Crippen LogP contribution in [0.4, 0.5) is 0 Å². The Balaban J connectivity index is 1.60. The topological polar surface area (TPSA) is 0 Å². The molecule has 4 fully saturated rings. The summed E-state index contributed by atoms with van der Waals surface area (Å²) in [6, 6.07) is 0. The summed E-state index contributed by atoms with van der Waals surface area (Å²) >= 11 is 0. The Morgan fingerprint density at radius 2 is 1.68 bits per heavy atom. The highest BCUT2D eigenvalue weighted by atomic mass is 14.6. The van der Waals surface area contributed by atoms with E-state index in [4.69, 9.17) is 0 Å². The number of rotatable bonds is 2. The Hall–Kier alpha value is -0.260. The van der Waals surface area contributed by atoms with E-state index in [1.54, 1.807) is 25.7 Å². The third-order valence-electron chi connectivity index (χ3n) is 9.23. The predicted octanol–water partition coefficient (Wildman–Crippen LogP) is 6.61. The summed E-state index contributed by atoms with van der Waals surface area (Å²) in [6.07, 6.45) is 18.7. The van der Waals surface area contributed by atoms with Gasteiger partial charge in [-0.2, -0.15) is 0 Å². The van der Waals surface area contributed by atoms with Crippen LogP contribution in [0.1, 0.15) is 84.5 Å². The fourth-order valence-corrected chi connectivity index (χ4v) is 7.99. The van der Waals surface area contributed by atoms with Crippen LogP contribution in [0.5, 0.6) is 0 Å². The van der Waals surface area contributed by atoms with Crippen molar-refractivity contribution in [2.24, 2.45) is 40.4 Å². The highest BCUT2D eigenvalue weighted by molar-refractivity contribution is 5.09. The molecule has 0 bridgehead atoms. The predicted molar refractivity (Wildman–Crippen MR) is 94.6 cm³/mol. The van der Waals surface area contributed by atoms with E-state index in [0.717, 1.165) is 29.6 Å². The molecule has 0 aromatic carbocycles. The van der Waals surface area contributed by atoms with Crippen LogP contribution in [0.25, 0.3) is 0 Å². The van der Waals surface area contributed by atoms with Crippen LogP contribution >= 0.6 is 0 Å². The van der Waals surface area contributed by atoms with Crippen molar-refractivity contribution in [2.75, 3.05) is 0 Å². The van der Waals surface area contributed by atoms with Crippen molar-refractivity contribution in [3.8, 4) is 0 Å². The monoisotopic (exact) mass is 300 g/mol. The third kappa shape index (κ3) is 2.01. The standard InChI is InChI=1S/C22H36/c1-4-7-16-10-12-19-18-11-9-17-8-5-6-14-21(17,2)20(18)13-15-22(16,19)3/h4,16-20H,1,5-15H2,2-3H3/t16?,17?,18-,19-,20-,21-,22+/m0/s1. The van der Waals surface area contributed by atoms with E-state index in [1.165, 1.54) is 44.9 Å². The van der Waals surface area contributed by atoms with Gasteiger partial charge in [-0.25, -0.2) is 0 Å². The Morgan fingerprint density at radius 3 is 2.50 bits per heavy atom. The molecular weight excluding hydrogens is 264 g/mol. The van der Waals surface area contributed by atoms with Crippen LogP contribution in [0.15, 0.2) is 12.7 Å². The first kappa shape index (κ1) is 15.3. The minimum absolute atomic E-state index is 0.646. The van der Waals surface area contributed by atoms with Crippen molar-refractivity contribution in [1.82, 2.24) is 0 Å². The molecule has 4 rings (SSSR count). The molecule has 0 radical (unpaired) electrons. The highest BCUT2D eigenvalue weighted by Crippen LogP contribution is 2.67. The van der Waals surface area contributed by atoms with E-state index in [9.17, 15) is 0 Å². The summed E-state index contributed by atoms with van der Waals surface area (Å²) in [7, 11) is 0. The van der Waals surface area contributed by atoms with E-state index < -0.39 is 0 Å². The van der Waals surface area contributed by atoms with E-state index in [0.29, 0.717) is 10.8 Å². The van der Waals surface area contributed by atoms with Crippen LogP contribution in [-0.2, 0) is 0 Å². The maximum absolute atomic E-state index is 4.04. The normalized spacial score (nSPS) is 54.2. The van der Waals surface area contributed by atoms with Crippen molar-refractivity contribution >= 4 is 0 Å². The van der Waals surface area contributed by atoms with Crippen LogP contribution < -0.4 is 0 Å². The van der Waals surface area contributed by atoms with Gasteiger partial charge >= 0.3 is 0 Å². The summed E-state index contributed by atoms with van der Waals surface area (Å²) in [5.74, 6) is 5.17. The van der Waals surface area contributed by atoms with Crippen molar-refractivity contribution < 1.29 is 0 Å². The number of hydrogen-bond acceptors (Lipinski definition) is 0. The van der Waals surface area contributed by atoms with Gasteiger partial charge in [0.15, 0.2) is 0 Å². The van der Waals surface area contributed by atoms with Gasteiger partial charge in [0.2, 0.25) is 0 Å². The molecule has 4 saturated carbocycles. The molecule has 0 aromatic heterocycles. The zero-order valence-electron chi connectivity index (χ0n) is 14.9. The lowest BCUT2D eigenvalue weighted by Crippen LogP contribution is -2.52. The minimum atomic E-state index is 0.646. The van der Waals surface area contributed by atoms with Gasteiger partial charge in [-0.3, -0.25) is 0 Å². The fourth-order valence-electron chi connectivity index (χ4n) is 7.99. The van der Waals surface area contributed by atoms with Gasteiger partial charge < -0.3 is 0 Å². The van der Waals surface area contributed by atoms with Gasteiger partial charge in [-0.05, 0) is 98.2 Å². The second-order valence-corrected chi connectivity index (χ2v) is 9.75. The van der Waals surface area contributed by atoms with Crippen LogP contribution in [-0.4, -0.2) is 0 Å². The van der Waals surface area contributed by atoms with E-state index >= 15 is 0 Å². The Kier molecular flexibility index (Phi) is 3.74. The smallest absolute Gasteiger partial charge is 0.0263 e. The molecule has 0 aliphatic heterocycles. The maximum atomic E-state index is 4.04. The highest BCUT2D eigenvalue weighted by Gasteiger charge is 2.59. The molecule has 2 unspecified atom stereocenters. The van der Waals surface area contributed by atoms with Crippen molar-refractivity contribution in [1.29, 1.82) is 0 Å². The quantitative estimate of drug-likeness (QED) is 0.503. The minimum Gasteiger partial charge on any atom is -0.103 e. The summed E-state index contributed by atoms with van der Waals surface area (Å²) in [4.78, 5) is 0. The molecule has 124 valence electrons. The van der Waals surface area contributed by atoms with Gasteiger partial charge in [0.05, 0.1) is 0 Å². The Morgan fingerprint density at radius 1 is 0.864 bits per heavy atom. The van der Waals surface area contributed by atoms with E-state index in [-0.39, 0.29) is 0 Å². The molecule has 0 amide bonds. The van der Waals surface area contributed by atoms with Gasteiger partial charge in [-0.1, -0.05) is 32.8 Å². The molecule has 7 atom stereocenters. The Bertz CT molecular complexity index is 437. The molecule has 0 N–H and O–H groups in total. The summed E-state index contributed by atoms with van der Waals surface area (Å²) < 4.78 is 0. The first-order valence-electron chi connectivity index (χ1n) is 10.2. The first-order chi connectivity index (χ1) is 10.6. The van der Waals surface area contributed by atoms with Crippen molar-refractivity contribution in [2.45, 2.75) is 84.5 Å². The van der Waals surface area contributed by atoms with Crippen LogP contribution in [0.2, 0.25) is 0 Å². The lowest BCUT2D eigenvalue weighted by molar-refractivity contribution is -0.110. The third-order valence-corrected chi connectivity index (χ3v) is 9.23. The van der Waals surface area contributed by atoms with Gasteiger partial charge in [-0.15, -0.1) is 6.58 Å². The number of allylic oxidation sites excluding steroid dienone is 1. The van der Waals surface area contributed by atoms with Gasteiger partial charge in [0, 0.05) is 0 Å². The summed E-state index contributed by atoms with van der Waals surface area (Å²) in [6.45, 7) is 9.40. The van der Waals surface area contributed by atoms with E-state index in [2.05, 4.69) is 26.5 Å². The summed E-state index contributed by atoms with van der Waals surface area (Å²) in [5.41, 5.74) is 1.35. The molecule has 0 saturated heterocycles. The van der Waals surface area contributed by atoms with Crippen LogP contribution in [0, 0.1) is 40.4 Å². The molecular formula is C22H36. The molecule has 0 nitrogen and oxygen atoms in total. The second kappa shape index (κ2) is 5.38. The zero-order chi connectivity index (χ0) is 15.4. The molecule has 0 heteroatoms. The SMILES string of the molecule is C=CCC1CC[C@H]2[C@@H]3CCC4CCCC[C@]4(C)[C@H]3CC[C@]12C. The lowest BCUT2D eigenvalue weighted by Gasteiger charge is -2.60. The first-order valence-corrected chi connectivity index (χ1v) is 10.2. The average molecular weight is 301 g/mol. The molecule has 4 aliphatic rings. The summed E-state index contributed by atoms with van der Waals surface area (Å²) in [5, 5.41) is 0. The average Bonchev–Trinajstić information content (AvgIpc) is 2.84. The van der Waals surface area contributed by atoms with Crippen molar-refractivity contribution in [3.63, 3.8) is 0 Å². The van der Waals surface area contributed by atoms with Crippen molar-refractivity contribution in [3.05, 3.63) is 12.7 Å². The molecule has 22 heavy (non-hydrogen) atoms. The molecule has 4 aliphatic carbocycles. The molecule has 0 heterocycles. The largest absolute Gasteiger partial charge is 0.103 e. The Labute approximate surface area is 138 Å². The van der Waals surface area contributed by atoms with Crippen LogP contribution in [0.3, 0.4) is 0 Å². The second-order valence-electron chi connectivity index (χ2n) is 9.75. The zero-order valence-corrected chi connectivity index (χ0v) is 14.9.